The predicted octanol–water partition coefficient (Wildman–Crippen LogP) is 2.56. The van der Waals surface area contributed by atoms with Gasteiger partial charge in [-0.05, 0) is 36.4 Å². The number of benzene rings is 2. The lowest BCUT2D eigenvalue weighted by Crippen LogP contribution is -2.23. The molecule has 0 atom stereocenters. The summed E-state index contributed by atoms with van der Waals surface area (Å²) in [7, 11) is 3.94. The summed E-state index contributed by atoms with van der Waals surface area (Å²) in [5.41, 5.74) is 3.58. The van der Waals surface area contributed by atoms with E-state index in [4.69, 9.17) is 0 Å². The molecular weight excluding hydrogens is 276 g/mol. The van der Waals surface area contributed by atoms with Crippen LogP contribution in [0, 0.1) is 0 Å². The van der Waals surface area contributed by atoms with Crippen LogP contribution >= 0.6 is 0 Å². The largest absolute Gasteiger partial charge is 0.378 e. The average molecular weight is 294 g/mol. The summed E-state index contributed by atoms with van der Waals surface area (Å²) >= 11 is 0. The Balaban J connectivity index is 1.66. The van der Waals surface area contributed by atoms with Crippen molar-refractivity contribution in [2.75, 3.05) is 19.0 Å². The number of nitrogens with one attached hydrogen (secondary N) is 2. The number of carbonyl (C=O) groups excluding carboxylic acids is 1. The molecule has 1 aromatic heterocycles. The van der Waals surface area contributed by atoms with Crippen LogP contribution in [-0.2, 0) is 6.54 Å². The summed E-state index contributed by atoms with van der Waals surface area (Å²) in [6.45, 7) is 0.378. The molecule has 0 aliphatic heterocycles. The van der Waals surface area contributed by atoms with E-state index >= 15 is 0 Å². The van der Waals surface area contributed by atoms with Crippen LogP contribution < -0.4 is 10.2 Å². The number of H-pyrrole nitrogens is 1. The summed E-state index contributed by atoms with van der Waals surface area (Å²) in [5, 5.41) is 2.88. The molecular formula is C17H18N4O. The Bertz CT molecular complexity index is 757. The molecule has 0 radical (unpaired) electrons. The molecule has 0 spiro atoms. The maximum atomic E-state index is 12.1. The van der Waals surface area contributed by atoms with E-state index in [1.807, 2.05) is 67.5 Å². The predicted molar refractivity (Wildman–Crippen MR) is 88.0 cm³/mol. The van der Waals surface area contributed by atoms with Crippen LogP contribution in [0.1, 0.15) is 16.2 Å². The minimum atomic E-state index is -0.106. The van der Waals surface area contributed by atoms with Crippen LogP contribution in [0.3, 0.4) is 0 Å². The van der Waals surface area contributed by atoms with Crippen molar-refractivity contribution in [1.29, 1.82) is 0 Å². The molecule has 0 aliphatic rings. The summed E-state index contributed by atoms with van der Waals surface area (Å²) in [6, 6.07) is 15.3. The first-order valence-corrected chi connectivity index (χ1v) is 7.13. The van der Waals surface area contributed by atoms with E-state index in [9.17, 15) is 4.79 Å². The number of carbonyl (C=O) groups is 1. The van der Waals surface area contributed by atoms with Gasteiger partial charge in [0.15, 0.2) is 0 Å². The Morgan fingerprint density at radius 3 is 2.55 bits per heavy atom. The monoisotopic (exact) mass is 294 g/mol. The van der Waals surface area contributed by atoms with E-state index in [0.717, 1.165) is 22.5 Å². The van der Waals surface area contributed by atoms with E-state index < -0.39 is 0 Å². The second-order valence-electron chi connectivity index (χ2n) is 5.32. The van der Waals surface area contributed by atoms with Gasteiger partial charge < -0.3 is 15.2 Å². The highest BCUT2D eigenvalue weighted by Gasteiger charge is 2.07. The number of aromatic amines is 1. The molecule has 0 fully saturated rings. The molecule has 3 aromatic rings. The van der Waals surface area contributed by atoms with Crippen LogP contribution in [0.5, 0.6) is 0 Å². The van der Waals surface area contributed by atoms with Crippen molar-refractivity contribution in [3.63, 3.8) is 0 Å². The lowest BCUT2D eigenvalue weighted by molar-refractivity contribution is 0.0950. The number of nitrogens with zero attached hydrogens (tertiary/aromatic N) is 2. The fourth-order valence-electron chi connectivity index (χ4n) is 2.27. The van der Waals surface area contributed by atoms with Gasteiger partial charge in [0.05, 0.1) is 17.6 Å². The molecule has 22 heavy (non-hydrogen) atoms. The number of aromatic nitrogens is 2. The van der Waals surface area contributed by atoms with Crippen LogP contribution in [0.25, 0.3) is 11.0 Å². The zero-order valence-corrected chi connectivity index (χ0v) is 12.6. The van der Waals surface area contributed by atoms with E-state index in [-0.39, 0.29) is 5.91 Å². The standard InChI is InChI=1S/C17H18N4O/c1-21(2)13-9-7-12(8-10-13)17(22)18-11-16-19-14-5-3-4-6-15(14)20-16/h3-10H,11H2,1-2H3,(H,18,22)(H,19,20). The van der Waals surface area contributed by atoms with Gasteiger partial charge in [-0.25, -0.2) is 4.98 Å². The molecule has 1 amide bonds. The molecule has 0 saturated heterocycles. The Labute approximate surface area is 129 Å². The van der Waals surface area contributed by atoms with Crippen molar-refractivity contribution in [2.24, 2.45) is 0 Å². The van der Waals surface area contributed by atoms with Crippen LogP contribution in [0.2, 0.25) is 0 Å². The SMILES string of the molecule is CN(C)c1ccc(C(=O)NCc2nc3ccccc3[nH]2)cc1. The fourth-order valence-corrected chi connectivity index (χ4v) is 2.27. The number of anilines is 1. The Hall–Kier alpha value is -2.82. The number of para-hydroxylation sites is 2. The Morgan fingerprint density at radius 1 is 1.14 bits per heavy atom. The maximum absolute atomic E-state index is 12.1. The molecule has 2 N–H and O–H groups in total. The number of fused-ring (bicyclic) bond motifs is 1. The maximum Gasteiger partial charge on any atom is 0.251 e. The first-order valence-electron chi connectivity index (χ1n) is 7.13. The number of imidazole rings is 1. The highest BCUT2D eigenvalue weighted by Crippen LogP contribution is 2.13. The summed E-state index contributed by atoms with van der Waals surface area (Å²) in [4.78, 5) is 21.8. The zero-order chi connectivity index (χ0) is 15.5. The summed E-state index contributed by atoms with van der Waals surface area (Å²) < 4.78 is 0. The quantitative estimate of drug-likeness (QED) is 0.777. The third-order valence-electron chi connectivity index (χ3n) is 3.50. The van der Waals surface area contributed by atoms with Gasteiger partial charge in [-0.2, -0.15) is 0 Å². The van der Waals surface area contributed by atoms with Crippen molar-refractivity contribution in [1.82, 2.24) is 15.3 Å². The lowest BCUT2D eigenvalue weighted by atomic mass is 10.2. The van der Waals surface area contributed by atoms with Crippen molar-refractivity contribution in [3.05, 3.63) is 59.9 Å². The minimum absolute atomic E-state index is 0.106. The van der Waals surface area contributed by atoms with Gasteiger partial charge in [-0.3, -0.25) is 4.79 Å². The fraction of sp³-hybridized carbons (Fsp3) is 0.176. The van der Waals surface area contributed by atoms with Gasteiger partial charge in [0.1, 0.15) is 5.82 Å². The molecule has 2 aromatic carbocycles. The smallest absolute Gasteiger partial charge is 0.251 e. The molecule has 5 nitrogen and oxygen atoms in total. The van der Waals surface area contributed by atoms with Crippen molar-refractivity contribution in [3.8, 4) is 0 Å². The first-order chi connectivity index (χ1) is 10.6. The summed E-state index contributed by atoms with van der Waals surface area (Å²) in [5.74, 6) is 0.644. The number of rotatable bonds is 4. The number of amides is 1. The second-order valence-corrected chi connectivity index (χ2v) is 5.32. The Morgan fingerprint density at radius 2 is 1.86 bits per heavy atom. The zero-order valence-electron chi connectivity index (χ0n) is 12.6. The first kappa shape index (κ1) is 14.1. The van der Waals surface area contributed by atoms with Crippen LogP contribution in [0.4, 0.5) is 5.69 Å². The second kappa shape index (κ2) is 5.89. The average Bonchev–Trinajstić information content (AvgIpc) is 2.95. The van der Waals surface area contributed by atoms with Gasteiger partial charge in [-0.15, -0.1) is 0 Å². The molecule has 112 valence electrons. The third kappa shape index (κ3) is 2.93. The van der Waals surface area contributed by atoms with Gasteiger partial charge in [0.2, 0.25) is 0 Å². The molecule has 1 heterocycles. The number of hydrogen-bond donors (Lipinski definition) is 2. The minimum Gasteiger partial charge on any atom is -0.378 e. The molecule has 0 bridgehead atoms. The highest BCUT2D eigenvalue weighted by atomic mass is 16.1. The normalized spacial score (nSPS) is 10.6. The third-order valence-corrected chi connectivity index (χ3v) is 3.50. The van der Waals surface area contributed by atoms with Gasteiger partial charge in [0, 0.05) is 25.3 Å². The van der Waals surface area contributed by atoms with E-state index in [0.29, 0.717) is 12.1 Å². The van der Waals surface area contributed by atoms with Crippen LogP contribution in [-0.4, -0.2) is 30.0 Å². The van der Waals surface area contributed by atoms with E-state index in [2.05, 4.69) is 15.3 Å². The topological polar surface area (TPSA) is 61.0 Å². The van der Waals surface area contributed by atoms with E-state index in [1.165, 1.54) is 0 Å². The Kier molecular flexibility index (Phi) is 3.78. The molecule has 0 saturated carbocycles. The molecule has 0 unspecified atom stereocenters. The number of hydrogen-bond acceptors (Lipinski definition) is 3. The lowest BCUT2D eigenvalue weighted by Gasteiger charge is -2.12. The van der Waals surface area contributed by atoms with Gasteiger partial charge in [-0.1, -0.05) is 12.1 Å². The van der Waals surface area contributed by atoms with Crippen molar-refractivity contribution in [2.45, 2.75) is 6.54 Å². The molecule has 5 heteroatoms. The highest BCUT2D eigenvalue weighted by molar-refractivity contribution is 5.94. The van der Waals surface area contributed by atoms with Crippen molar-refractivity contribution < 1.29 is 4.79 Å². The van der Waals surface area contributed by atoms with Crippen LogP contribution in [0.15, 0.2) is 48.5 Å². The van der Waals surface area contributed by atoms with E-state index in [1.54, 1.807) is 0 Å². The van der Waals surface area contributed by atoms with Gasteiger partial charge >= 0.3 is 0 Å². The summed E-state index contributed by atoms with van der Waals surface area (Å²) in [6.07, 6.45) is 0. The van der Waals surface area contributed by atoms with Crippen molar-refractivity contribution >= 4 is 22.6 Å². The van der Waals surface area contributed by atoms with Gasteiger partial charge in [0.25, 0.3) is 5.91 Å². The molecule has 3 rings (SSSR count). The molecule has 0 aliphatic carbocycles.